The molecular formula is C15H16ClF3N2O5S. The molecule has 27 heavy (non-hydrogen) atoms. The Morgan fingerprint density at radius 1 is 1.44 bits per heavy atom. The predicted molar refractivity (Wildman–Crippen MR) is 91.3 cm³/mol. The molecule has 0 saturated heterocycles. The molecule has 1 aliphatic rings. The van der Waals surface area contributed by atoms with Gasteiger partial charge in [-0.2, -0.15) is 13.5 Å². The lowest BCUT2D eigenvalue weighted by Crippen LogP contribution is -2.32. The molecule has 7 nitrogen and oxygen atoms in total. The van der Waals surface area contributed by atoms with Crippen LogP contribution < -0.4 is 10.2 Å². The van der Waals surface area contributed by atoms with E-state index in [1.165, 1.54) is 12.1 Å². The van der Waals surface area contributed by atoms with E-state index in [-0.39, 0.29) is 35.3 Å². The Hall–Kier alpha value is -1.85. The standard InChI is InChI=1S/C15H16ClF3N2O5S/c1-8-6-11(22)20-21-14(8)9-2-3-10(12(16)13(9)17)26-7-15(18,19)4-5-27(23,24)25/h2-3,8H,4-7H2,1H3,(H,20,22)(H,23,24,25). The van der Waals surface area contributed by atoms with Crippen molar-refractivity contribution in [3.8, 4) is 5.75 Å². The van der Waals surface area contributed by atoms with E-state index < -0.39 is 45.7 Å². The smallest absolute Gasteiger partial charge is 0.282 e. The van der Waals surface area contributed by atoms with Gasteiger partial charge in [0, 0.05) is 24.3 Å². The summed E-state index contributed by atoms with van der Waals surface area (Å²) in [5.41, 5.74) is 2.48. The van der Waals surface area contributed by atoms with Crippen LogP contribution in [0.1, 0.15) is 25.3 Å². The van der Waals surface area contributed by atoms with Crippen LogP contribution in [0.15, 0.2) is 17.2 Å². The molecule has 0 spiro atoms. The summed E-state index contributed by atoms with van der Waals surface area (Å²) in [5, 5.41) is 3.25. The van der Waals surface area contributed by atoms with Crippen LogP contribution in [0.3, 0.4) is 0 Å². The van der Waals surface area contributed by atoms with E-state index in [1.807, 2.05) is 0 Å². The highest BCUT2D eigenvalue weighted by Gasteiger charge is 2.33. The summed E-state index contributed by atoms with van der Waals surface area (Å²) < 4.78 is 76.3. The van der Waals surface area contributed by atoms with Gasteiger partial charge in [-0.1, -0.05) is 18.5 Å². The molecule has 0 fully saturated rings. The zero-order valence-corrected chi connectivity index (χ0v) is 15.6. The van der Waals surface area contributed by atoms with Crippen molar-refractivity contribution in [3.63, 3.8) is 0 Å². The number of alkyl halides is 2. The van der Waals surface area contributed by atoms with Gasteiger partial charge in [0.2, 0.25) is 5.91 Å². The minimum Gasteiger partial charge on any atom is -0.486 e. The fraction of sp³-hybridized carbons (Fsp3) is 0.467. The van der Waals surface area contributed by atoms with Crippen LogP contribution in [0.4, 0.5) is 13.2 Å². The predicted octanol–water partition coefficient (Wildman–Crippen LogP) is 2.63. The average molecular weight is 429 g/mol. The molecule has 1 aromatic carbocycles. The Labute approximate surface area is 158 Å². The first-order chi connectivity index (χ1) is 12.4. The van der Waals surface area contributed by atoms with Gasteiger partial charge in [-0.15, -0.1) is 0 Å². The zero-order valence-electron chi connectivity index (χ0n) is 14.0. The number of halogens is 4. The highest BCUT2D eigenvalue weighted by molar-refractivity contribution is 7.85. The Kier molecular flexibility index (Phi) is 6.38. The van der Waals surface area contributed by atoms with Gasteiger partial charge < -0.3 is 4.74 Å². The molecule has 0 aliphatic carbocycles. The van der Waals surface area contributed by atoms with Crippen LogP contribution in [0.5, 0.6) is 5.75 Å². The Balaban J connectivity index is 2.14. The summed E-state index contributed by atoms with van der Waals surface area (Å²) in [6, 6.07) is 2.41. The Morgan fingerprint density at radius 2 is 2.11 bits per heavy atom. The van der Waals surface area contributed by atoms with Crippen LogP contribution in [0.25, 0.3) is 0 Å². The van der Waals surface area contributed by atoms with E-state index in [1.54, 1.807) is 6.92 Å². The average Bonchev–Trinajstić information content (AvgIpc) is 2.55. The number of carbonyl (C=O) groups is 1. The number of amides is 1. The Bertz CT molecular complexity index is 876. The van der Waals surface area contributed by atoms with E-state index in [2.05, 4.69) is 10.5 Å². The van der Waals surface area contributed by atoms with E-state index in [0.717, 1.165) is 0 Å². The second kappa shape index (κ2) is 8.03. The molecule has 1 amide bonds. The normalized spacial score (nSPS) is 18.1. The van der Waals surface area contributed by atoms with Crippen molar-refractivity contribution in [2.24, 2.45) is 11.0 Å². The summed E-state index contributed by atoms with van der Waals surface area (Å²) in [4.78, 5) is 11.3. The molecule has 1 unspecified atom stereocenters. The number of nitrogens with one attached hydrogen (secondary N) is 1. The monoisotopic (exact) mass is 428 g/mol. The third kappa shape index (κ3) is 5.81. The molecule has 0 aromatic heterocycles. The topological polar surface area (TPSA) is 105 Å². The third-order valence-corrected chi connectivity index (χ3v) is 4.82. The summed E-state index contributed by atoms with van der Waals surface area (Å²) in [7, 11) is -4.55. The number of benzene rings is 1. The number of hydrogen-bond donors (Lipinski definition) is 2. The van der Waals surface area contributed by atoms with Gasteiger partial charge in [0.25, 0.3) is 16.0 Å². The van der Waals surface area contributed by atoms with Crippen molar-refractivity contribution in [3.05, 3.63) is 28.5 Å². The summed E-state index contributed by atoms with van der Waals surface area (Å²) in [5.74, 6) is -6.73. The number of nitrogens with zero attached hydrogens (tertiary/aromatic N) is 1. The third-order valence-electron chi connectivity index (χ3n) is 3.75. The van der Waals surface area contributed by atoms with Crippen LogP contribution >= 0.6 is 11.6 Å². The minimum atomic E-state index is -4.55. The highest BCUT2D eigenvalue weighted by Crippen LogP contribution is 2.33. The van der Waals surface area contributed by atoms with E-state index >= 15 is 0 Å². The first-order valence-electron chi connectivity index (χ1n) is 7.70. The molecule has 0 saturated carbocycles. The molecule has 12 heteroatoms. The van der Waals surface area contributed by atoms with Crippen LogP contribution in [0.2, 0.25) is 5.02 Å². The molecule has 0 radical (unpaired) electrons. The van der Waals surface area contributed by atoms with Crippen LogP contribution in [0, 0.1) is 11.7 Å². The molecular weight excluding hydrogens is 413 g/mol. The second-order valence-electron chi connectivity index (χ2n) is 6.06. The number of hydrogen-bond acceptors (Lipinski definition) is 5. The maximum atomic E-state index is 14.5. The van der Waals surface area contributed by atoms with Crippen molar-refractivity contribution in [1.29, 1.82) is 0 Å². The second-order valence-corrected chi connectivity index (χ2v) is 8.01. The van der Waals surface area contributed by atoms with Gasteiger partial charge in [-0.25, -0.2) is 18.6 Å². The molecule has 1 aliphatic heterocycles. The SMILES string of the molecule is CC1CC(=O)NN=C1c1ccc(OCC(F)(F)CCS(=O)(=O)O)c(Cl)c1F. The molecule has 1 aromatic rings. The molecule has 2 rings (SSSR count). The first kappa shape index (κ1) is 21.5. The van der Waals surface area contributed by atoms with E-state index in [4.69, 9.17) is 20.9 Å². The van der Waals surface area contributed by atoms with Gasteiger partial charge in [0.1, 0.15) is 10.8 Å². The molecule has 2 N–H and O–H groups in total. The summed E-state index contributed by atoms with van der Waals surface area (Å²) in [6.07, 6.45) is -1.06. The van der Waals surface area contributed by atoms with Gasteiger partial charge in [-0.05, 0) is 12.1 Å². The molecule has 0 bridgehead atoms. The zero-order chi connectivity index (χ0) is 20.4. The number of carbonyl (C=O) groups excluding carboxylic acids is 1. The minimum absolute atomic E-state index is 0.00187. The lowest BCUT2D eigenvalue weighted by molar-refractivity contribution is -0.121. The van der Waals surface area contributed by atoms with E-state index in [9.17, 15) is 26.4 Å². The number of hydrazone groups is 1. The van der Waals surface area contributed by atoms with Crippen molar-refractivity contribution in [1.82, 2.24) is 5.43 Å². The summed E-state index contributed by atoms with van der Waals surface area (Å²) in [6.45, 7) is 0.416. The molecule has 150 valence electrons. The van der Waals surface area contributed by atoms with Crippen LogP contribution in [-0.2, 0) is 14.9 Å². The van der Waals surface area contributed by atoms with Gasteiger partial charge in [0.05, 0.1) is 11.5 Å². The van der Waals surface area contributed by atoms with Crippen molar-refractivity contribution < 1.29 is 35.7 Å². The largest absolute Gasteiger partial charge is 0.486 e. The van der Waals surface area contributed by atoms with Gasteiger partial charge in [0.15, 0.2) is 12.4 Å². The number of rotatable bonds is 7. The van der Waals surface area contributed by atoms with Gasteiger partial charge in [-0.3, -0.25) is 9.35 Å². The Morgan fingerprint density at radius 3 is 2.70 bits per heavy atom. The van der Waals surface area contributed by atoms with Crippen LogP contribution in [-0.4, -0.2) is 42.9 Å². The highest BCUT2D eigenvalue weighted by atomic mass is 35.5. The lowest BCUT2D eigenvalue weighted by atomic mass is 9.94. The fourth-order valence-electron chi connectivity index (χ4n) is 2.35. The maximum Gasteiger partial charge on any atom is 0.282 e. The van der Waals surface area contributed by atoms with E-state index in [0.29, 0.717) is 0 Å². The quantitative estimate of drug-likeness (QED) is 0.649. The summed E-state index contributed by atoms with van der Waals surface area (Å²) >= 11 is 5.85. The maximum absolute atomic E-state index is 14.5. The first-order valence-corrected chi connectivity index (χ1v) is 9.69. The molecule has 1 atom stereocenters. The van der Waals surface area contributed by atoms with Crippen molar-refractivity contribution in [2.45, 2.75) is 25.7 Å². The van der Waals surface area contributed by atoms with Crippen molar-refractivity contribution in [2.75, 3.05) is 12.4 Å². The van der Waals surface area contributed by atoms with Crippen molar-refractivity contribution >= 4 is 33.3 Å². The van der Waals surface area contributed by atoms with Gasteiger partial charge >= 0.3 is 0 Å². The number of ether oxygens (including phenoxy) is 1. The fourth-order valence-corrected chi connectivity index (χ4v) is 3.13. The lowest BCUT2D eigenvalue weighted by Gasteiger charge is -2.21. The molecule has 1 heterocycles.